The summed E-state index contributed by atoms with van der Waals surface area (Å²) in [6.07, 6.45) is -0.741. The minimum atomic E-state index is -0.741. The maximum Gasteiger partial charge on any atom is 0.165 e. The molecule has 2 aromatic carbocycles. The van der Waals surface area contributed by atoms with Crippen LogP contribution in [0.4, 0.5) is 8.78 Å². The topological polar surface area (TPSA) is 29.5 Å². The van der Waals surface area contributed by atoms with Gasteiger partial charge in [0, 0.05) is 5.56 Å². The fraction of sp³-hybridized carbons (Fsp3) is 0.200. The van der Waals surface area contributed by atoms with Crippen LogP contribution in [-0.4, -0.2) is 5.11 Å². The fourth-order valence-corrected chi connectivity index (χ4v) is 1.66. The SMILES string of the molecule is C[C@H](O)c1ccc(OCc2ccccc2F)c(F)c1. The molecule has 2 nitrogen and oxygen atoms in total. The monoisotopic (exact) mass is 264 g/mol. The zero-order valence-corrected chi connectivity index (χ0v) is 10.4. The molecule has 100 valence electrons. The quantitative estimate of drug-likeness (QED) is 0.914. The van der Waals surface area contributed by atoms with E-state index >= 15 is 0 Å². The minimum Gasteiger partial charge on any atom is -0.486 e. The van der Waals surface area contributed by atoms with Gasteiger partial charge in [-0.1, -0.05) is 24.3 Å². The Balaban J connectivity index is 2.10. The van der Waals surface area contributed by atoms with E-state index in [9.17, 15) is 13.9 Å². The van der Waals surface area contributed by atoms with Gasteiger partial charge in [0.1, 0.15) is 12.4 Å². The van der Waals surface area contributed by atoms with Crippen LogP contribution in [0.5, 0.6) is 5.75 Å². The van der Waals surface area contributed by atoms with Crippen molar-refractivity contribution in [3.63, 3.8) is 0 Å². The minimum absolute atomic E-state index is 0.0349. The highest BCUT2D eigenvalue weighted by atomic mass is 19.1. The summed E-state index contributed by atoms with van der Waals surface area (Å²) in [6, 6.07) is 10.4. The molecule has 0 fully saturated rings. The molecule has 0 saturated heterocycles. The van der Waals surface area contributed by atoms with Gasteiger partial charge in [-0.3, -0.25) is 0 Å². The molecule has 0 unspecified atom stereocenters. The van der Waals surface area contributed by atoms with Gasteiger partial charge in [0.2, 0.25) is 0 Å². The van der Waals surface area contributed by atoms with Crippen LogP contribution in [0.1, 0.15) is 24.2 Å². The first-order chi connectivity index (χ1) is 9.08. The molecule has 19 heavy (non-hydrogen) atoms. The van der Waals surface area contributed by atoms with Gasteiger partial charge in [0.15, 0.2) is 11.6 Å². The lowest BCUT2D eigenvalue weighted by molar-refractivity contribution is 0.198. The normalized spacial score (nSPS) is 12.2. The van der Waals surface area contributed by atoms with E-state index in [2.05, 4.69) is 0 Å². The first kappa shape index (κ1) is 13.5. The van der Waals surface area contributed by atoms with Crippen LogP contribution in [0.25, 0.3) is 0 Å². The van der Waals surface area contributed by atoms with Gasteiger partial charge in [0.05, 0.1) is 6.10 Å². The van der Waals surface area contributed by atoms with Crippen molar-refractivity contribution in [1.82, 2.24) is 0 Å². The van der Waals surface area contributed by atoms with Gasteiger partial charge >= 0.3 is 0 Å². The predicted molar refractivity (Wildman–Crippen MR) is 67.8 cm³/mol. The van der Waals surface area contributed by atoms with Crippen molar-refractivity contribution in [2.45, 2.75) is 19.6 Å². The summed E-state index contributed by atoms with van der Waals surface area (Å²) < 4.78 is 32.3. The van der Waals surface area contributed by atoms with Crippen molar-refractivity contribution < 1.29 is 18.6 Å². The Morgan fingerprint density at radius 1 is 1.11 bits per heavy atom. The standard InChI is InChI=1S/C15H14F2O2/c1-10(18)11-6-7-15(14(17)8-11)19-9-12-4-2-3-5-13(12)16/h2-8,10,18H,9H2,1H3/t10-/m0/s1. The molecule has 0 bridgehead atoms. The molecule has 4 heteroatoms. The molecule has 0 aromatic heterocycles. The molecular formula is C15H14F2O2. The van der Waals surface area contributed by atoms with Crippen molar-refractivity contribution >= 4 is 0 Å². The molecule has 0 aliphatic carbocycles. The Morgan fingerprint density at radius 2 is 1.84 bits per heavy atom. The molecule has 0 radical (unpaired) electrons. The van der Waals surface area contributed by atoms with Crippen molar-refractivity contribution in [2.75, 3.05) is 0 Å². The van der Waals surface area contributed by atoms with Crippen molar-refractivity contribution in [1.29, 1.82) is 0 Å². The molecular weight excluding hydrogens is 250 g/mol. The molecule has 0 aliphatic heterocycles. The molecule has 0 aliphatic rings. The Bertz CT molecular complexity index is 568. The largest absolute Gasteiger partial charge is 0.486 e. The summed E-state index contributed by atoms with van der Waals surface area (Å²) in [6.45, 7) is 1.51. The third-order valence-electron chi connectivity index (χ3n) is 2.78. The van der Waals surface area contributed by atoms with Crippen molar-refractivity contribution in [3.05, 3.63) is 65.2 Å². The maximum absolute atomic E-state index is 13.7. The number of ether oxygens (including phenoxy) is 1. The first-order valence-corrected chi connectivity index (χ1v) is 5.91. The highest BCUT2D eigenvalue weighted by Crippen LogP contribution is 2.23. The smallest absolute Gasteiger partial charge is 0.165 e. The molecule has 2 aromatic rings. The van der Waals surface area contributed by atoms with Crippen molar-refractivity contribution in [3.8, 4) is 5.75 Å². The Kier molecular flexibility index (Phi) is 4.12. The molecule has 1 N–H and O–H groups in total. The third kappa shape index (κ3) is 3.29. The number of halogens is 2. The van der Waals surface area contributed by atoms with Crippen LogP contribution in [0, 0.1) is 11.6 Å². The number of hydrogen-bond donors (Lipinski definition) is 1. The lowest BCUT2D eigenvalue weighted by Gasteiger charge is -2.10. The number of hydrogen-bond acceptors (Lipinski definition) is 2. The van der Waals surface area contributed by atoms with E-state index in [0.29, 0.717) is 11.1 Å². The highest BCUT2D eigenvalue weighted by Gasteiger charge is 2.09. The number of aliphatic hydroxyl groups is 1. The lowest BCUT2D eigenvalue weighted by Crippen LogP contribution is -2.01. The zero-order valence-electron chi connectivity index (χ0n) is 10.4. The average Bonchev–Trinajstić information content (AvgIpc) is 2.39. The van der Waals surface area contributed by atoms with Gasteiger partial charge in [0.25, 0.3) is 0 Å². The molecule has 1 atom stereocenters. The Labute approximate surface area is 110 Å². The summed E-state index contributed by atoms with van der Waals surface area (Å²) in [7, 11) is 0. The van der Waals surface area contributed by atoms with E-state index in [1.807, 2.05) is 0 Å². The molecule has 0 heterocycles. The summed E-state index contributed by atoms with van der Waals surface area (Å²) in [4.78, 5) is 0. The van der Waals surface area contributed by atoms with Gasteiger partial charge in [-0.15, -0.1) is 0 Å². The predicted octanol–water partition coefficient (Wildman–Crippen LogP) is 3.60. The first-order valence-electron chi connectivity index (χ1n) is 5.91. The summed E-state index contributed by atoms with van der Waals surface area (Å²) in [5, 5.41) is 9.33. The average molecular weight is 264 g/mol. The van der Waals surface area contributed by atoms with Gasteiger partial charge < -0.3 is 9.84 Å². The summed E-state index contributed by atoms with van der Waals surface area (Å²) in [5.41, 5.74) is 0.831. The van der Waals surface area contributed by atoms with Gasteiger partial charge in [-0.05, 0) is 30.7 Å². The van der Waals surface area contributed by atoms with E-state index in [-0.39, 0.29) is 18.2 Å². The Hall–Kier alpha value is -1.94. The van der Waals surface area contributed by atoms with E-state index in [0.717, 1.165) is 0 Å². The second-order valence-electron chi connectivity index (χ2n) is 4.25. The summed E-state index contributed by atoms with van der Waals surface area (Å²) >= 11 is 0. The van der Waals surface area contributed by atoms with E-state index < -0.39 is 11.9 Å². The fourth-order valence-electron chi connectivity index (χ4n) is 1.66. The molecule has 2 rings (SSSR count). The second-order valence-corrected chi connectivity index (χ2v) is 4.25. The molecule has 0 amide bonds. The molecule has 0 saturated carbocycles. The second kappa shape index (κ2) is 5.80. The van der Waals surface area contributed by atoms with Crippen LogP contribution < -0.4 is 4.74 Å². The van der Waals surface area contributed by atoms with E-state index in [1.54, 1.807) is 31.2 Å². The number of benzene rings is 2. The zero-order chi connectivity index (χ0) is 13.8. The number of aliphatic hydroxyl groups excluding tert-OH is 1. The summed E-state index contributed by atoms with van der Waals surface area (Å²) in [5.74, 6) is -0.925. The van der Waals surface area contributed by atoms with Crippen LogP contribution in [0.2, 0.25) is 0 Å². The van der Waals surface area contributed by atoms with Crippen LogP contribution >= 0.6 is 0 Å². The third-order valence-corrected chi connectivity index (χ3v) is 2.78. The van der Waals surface area contributed by atoms with Crippen LogP contribution in [0.3, 0.4) is 0 Å². The van der Waals surface area contributed by atoms with Crippen LogP contribution in [-0.2, 0) is 6.61 Å². The van der Waals surface area contributed by atoms with E-state index in [4.69, 9.17) is 4.74 Å². The highest BCUT2D eigenvalue weighted by molar-refractivity contribution is 5.30. The van der Waals surface area contributed by atoms with Crippen molar-refractivity contribution in [2.24, 2.45) is 0 Å². The Morgan fingerprint density at radius 3 is 2.47 bits per heavy atom. The maximum atomic E-state index is 13.7. The lowest BCUT2D eigenvalue weighted by atomic mass is 10.1. The van der Waals surface area contributed by atoms with E-state index in [1.165, 1.54) is 18.2 Å². The van der Waals surface area contributed by atoms with Crippen LogP contribution in [0.15, 0.2) is 42.5 Å². The number of rotatable bonds is 4. The molecule has 0 spiro atoms. The van der Waals surface area contributed by atoms with Gasteiger partial charge in [-0.2, -0.15) is 0 Å². The van der Waals surface area contributed by atoms with Gasteiger partial charge in [-0.25, -0.2) is 8.78 Å².